The number of esters is 1. The van der Waals surface area contributed by atoms with E-state index < -0.39 is 0 Å². The average Bonchev–Trinajstić information content (AvgIpc) is 2.57. The number of anilines is 1. The number of nitrogens with zero attached hydrogens (tertiary/aromatic N) is 1. The van der Waals surface area contributed by atoms with Gasteiger partial charge in [-0.1, -0.05) is 25.7 Å². The van der Waals surface area contributed by atoms with Crippen LogP contribution < -0.4 is 15.4 Å². The first-order valence-electron chi connectivity index (χ1n) is 8.30. The van der Waals surface area contributed by atoms with Crippen molar-refractivity contribution in [1.29, 1.82) is 0 Å². The van der Waals surface area contributed by atoms with Gasteiger partial charge in [0.1, 0.15) is 5.69 Å². The molecule has 2 amide bonds. The van der Waals surface area contributed by atoms with Crippen LogP contribution in [-0.2, 0) is 9.53 Å². The Labute approximate surface area is 142 Å². The van der Waals surface area contributed by atoms with Crippen molar-refractivity contribution in [2.45, 2.75) is 44.6 Å². The first kappa shape index (κ1) is 18.0. The van der Waals surface area contributed by atoms with Crippen LogP contribution in [-0.4, -0.2) is 37.2 Å². The fourth-order valence-electron chi connectivity index (χ4n) is 3.07. The van der Waals surface area contributed by atoms with Gasteiger partial charge >= 0.3 is 12.0 Å². The van der Waals surface area contributed by atoms with Gasteiger partial charge in [0.25, 0.3) is 0 Å². The fourth-order valence-corrected chi connectivity index (χ4v) is 3.07. The van der Waals surface area contributed by atoms with Crippen molar-refractivity contribution < 1.29 is 19.1 Å². The van der Waals surface area contributed by atoms with Crippen LogP contribution in [0, 0.1) is 5.92 Å². The van der Waals surface area contributed by atoms with Gasteiger partial charge in [-0.05, 0) is 25.0 Å². The zero-order chi connectivity index (χ0) is 17.4. The number of rotatable bonds is 4. The second kappa shape index (κ2) is 9.10. The molecule has 0 radical (unpaired) electrons. The third-order valence-electron chi connectivity index (χ3n) is 4.30. The van der Waals surface area contributed by atoms with E-state index in [1.54, 1.807) is 18.3 Å². The van der Waals surface area contributed by atoms with Gasteiger partial charge in [0.2, 0.25) is 5.88 Å². The van der Waals surface area contributed by atoms with Gasteiger partial charge in [-0.25, -0.2) is 9.78 Å². The van der Waals surface area contributed by atoms with E-state index in [9.17, 15) is 9.59 Å². The van der Waals surface area contributed by atoms with E-state index in [1.807, 2.05) is 0 Å². The maximum Gasteiger partial charge on any atom is 0.319 e. The van der Waals surface area contributed by atoms with Crippen molar-refractivity contribution in [1.82, 2.24) is 10.3 Å². The molecule has 1 fully saturated rings. The Kier molecular flexibility index (Phi) is 6.84. The molecule has 0 unspecified atom stereocenters. The van der Waals surface area contributed by atoms with E-state index in [4.69, 9.17) is 9.47 Å². The molecule has 7 heteroatoms. The Morgan fingerprint density at radius 2 is 1.92 bits per heavy atom. The summed E-state index contributed by atoms with van der Waals surface area (Å²) < 4.78 is 10.0. The van der Waals surface area contributed by atoms with E-state index in [0.29, 0.717) is 11.6 Å². The third-order valence-corrected chi connectivity index (χ3v) is 4.30. The molecule has 1 aliphatic rings. The van der Waals surface area contributed by atoms with Crippen molar-refractivity contribution in [3.63, 3.8) is 0 Å². The average molecular weight is 335 g/mol. The number of carbonyl (C=O) groups excluding carboxylic acids is 2. The third kappa shape index (κ3) is 4.84. The normalized spacial score (nSPS) is 21.1. The summed E-state index contributed by atoms with van der Waals surface area (Å²) in [5.41, 5.74) is 0.484. The smallest absolute Gasteiger partial charge is 0.319 e. The van der Waals surface area contributed by atoms with Crippen LogP contribution in [0.15, 0.2) is 18.3 Å². The minimum absolute atomic E-state index is 0.236. The lowest BCUT2D eigenvalue weighted by atomic mass is 9.87. The molecule has 1 heterocycles. The molecule has 2 rings (SSSR count). The molecule has 2 atom stereocenters. The van der Waals surface area contributed by atoms with E-state index in [1.165, 1.54) is 14.2 Å². The van der Waals surface area contributed by atoms with Crippen LogP contribution in [0.4, 0.5) is 10.5 Å². The first-order chi connectivity index (χ1) is 11.7. The summed E-state index contributed by atoms with van der Waals surface area (Å²) in [7, 11) is 2.88. The predicted molar refractivity (Wildman–Crippen MR) is 89.9 cm³/mol. The van der Waals surface area contributed by atoms with Crippen molar-refractivity contribution >= 4 is 17.7 Å². The van der Waals surface area contributed by atoms with Crippen molar-refractivity contribution in [3.05, 3.63) is 18.3 Å². The van der Waals surface area contributed by atoms with Crippen LogP contribution in [0.25, 0.3) is 0 Å². The lowest BCUT2D eigenvalue weighted by Crippen LogP contribution is -2.46. The number of aromatic nitrogens is 1. The molecule has 1 aliphatic carbocycles. The Morgan fingerprint density at radius 3 is 2.62 bits per heavy atom. The molecule has 7 nitrogen and oxygen atoms in total. The highest BCUT2D eigenvalue weighted by atomic mass is 16.5. The predicted octanol–water partition coefficient (Wildman–Crippen LogP) is 2.72. The summed E-state index contributed by atoms with van der Waals surface area (Å²) >= 11 is 0. The number of ether oxygens (including phenoxy) is 2. The molecule has 0 aromatic carbocycles. The van der Waals surface area contributed by atoms with Crippen molar-refractivity contribution in [3.8, 4) is 5.88 Å². The SMILES string of the molecule is COC(=O)[C@H]1CCCCCC[C@H]1NC(=O)Nc1cccnc1OC. The summed E-state index contributed by atoms with van der Waals surface area (Å²) in [4.78, 5) is 28.4. The molecule has 0 spiro atoms. The quantitative estimate of drug-likeness (QED) is 0.826. The summed E-state index contributed by atoms with van der Waals surface area (Å²) in [6.07, 6.45) is 7.25. The van der Waals surface area contributed by atoms with Crippen LogP contribution in [0.5, 0.6) is 5.88 Å². The Morgan fingerprint density at radius 1 is 1.17 bits per heavy atom. The van der Waals surface area contributed by atoms with E-state index in [2.05, 4.69) is 15.6 Å². The monoisotopic (exact) mass is 335 g/mol. The summed E-state index contributed by atoms with van der Waals surface area (Å²) in [6.45, 7) is 0. The van der Waals surface area contributed by atoms with Crippen LogP contribution in [0.1, 0.15) is 38.5 Å². The zero-order valence-corrected chi connectivity index (χ0v) is 14.2. The Bertz CT molecular complexity index is 565. The molecule has 24 heavy (non-hydrogen) atoms. The largest absolute Gasteiger partial charge is 0.480 e. The summed E-state index contributed by atoms with van der Waals surface area (Å²) in [5, 5.41) is 5.65. The van der Waals surface area contributed by atoms with Gasteiger partial charge in [0, 0.05) is 12.2 Å². The highest BCUT2D eigenvalue weighted by molar-refractivity contribution is 5.91. The molecule has 2 N–H and O–H groups in total. The van der Waals surface area contributed by atoms with E-state index >= 15 is 0 Å². The molecule has 1 aromatic heterocycles. The van der Waals surface area contributed by atoms with Gasteiger partial charge in [0.05, 0.1) is 20.1 Å². The molecular weight excluding hydrogens is 310 g/mol. The number of hydrogen-bond acceptors (Lipinski definition) is 5. The van der Waals surface area contributed by atoms with Gasteiger partial charge < -0.3 is 20.1 Å². The molecule has 0 saturated heterocycles. The van der Waals surface area contributed by atoms with Gasteiger partial charge in [-0.2, -0.15) is 0 Å². The molecule has 0 aliphatic heterocycles. The summed E-state index contributed by atoms with van der Waals surface area (Å²) in [6, 6.07) is 2.81. The van der Waals surface area contributed by atoms with Crippen LogP contribution >= 0.6 is 0 Å². The maximum atomic E-state index is 12.3. The molecule has 1 aromatic rings. The van der Waals surface area contributed by atoms with Crippen molar-refractivity contribution in [2.75, 3.05) is 19.5 Å². The number of urea groups is 1. The molecular formula is C17H25N3O4. The lowest BCUT2D eigenvalue weighted by Gasteiger charge is -2.28. The number of carbonyl (C=O) groups is 2. The second-order valence-corrected chi connectivity index (χ2v) is 5.89. The topological polar surface area (TPSA) is 89.5 Å². The minimum atomic E-state index is -0.374. The Hall–Kier alpha value is -2.31. The number of amides is 2. The van der Waals surface area contributed by atoms with Gasteiger partial charge in [-0.15, -0.1) is 0 Å². The second-order valence-electron chi connectivity index (χ2n) is 5.89. The number of nitrogens with one attached hydrogen (secondary N) is 2. The highest BCUT2D eigenvalue weighted by Crippen LogP contribution is 2.25. The number of pyridine rings is 1. The summed E-state index contributed by atoms with van der Waals surface area (Å²) in [5.74, 6) is -0.229. The first-order valence-corrected chi connectivity index (χ1v) is 8.30. The van der Waals surface area contributed by atoms with Gasteiger partial charge in [-0.3, -0.25) is 4.79 Å². The standard InChI is InChI=1S/C17H25N3O4/c1-23-15-14(10-7-11-18-15)20-17(22)19-13-9-6-4-3-5-8-12(13)16(21)24-2/h7,10-13H,3-6,8-9H2,1-2H3,(H2,19,20,22)/t12-,13+/m0/s1. The zero-order valence-electron chi connectivity index (χ0n) is 14.2. The van der Waals surface area contributed by atoms with E-state index in [-0.39, 0.29) is 24.0 Å². The number of methoxy groups -OCH3 is 2. The van der Waals surface area contributed by atoms with Gasteiger partial charge in [0.15, 0.2) is 0 Å². The molecule has 132 valence electrons. The van der Waals surface area contributed by atoms with E-state index in [0.717, 1.165) is 38.5 Å². The Balaban J connectivity index is 2.04. The maximum absolute atomic E-state index is 12.3. The molecule has 1 saturated carbocycles. The van der Waals surface area contributed by atoms with Crippen molar-refractivity contribution in [2.24, 2.45) is 5.92 Å². The minimum Gasteiger partial charge on any atom is -0.480 e. The highest BCUT2D eigenvalue weighted by Gasteiger charge is 2.31. The number of hydrogen-bond donors (Lipinski definition) is 2. The lowest BCUT2D eigenvalue weighted by molar-refractivity contribution is -0.146. The van der Waals surface area contributed by atoms with Crippen LogP contribution in [0.2, 0.25) is 0 Å². The van der Waals surface area contributed by atoms with Crippen LogP contribution in [0.3, 0.4) is 0 Å². The fraction of sp³-hybridized carbons (Fsp3) is 0.588. The molecule has 0 bridgehead atoms.